The fourth-order valence-electron chi connectivity index (χ4n) is 8.23. The quantitative estimate of drug-likeness (QED) is 0.187. The summed E-state index contributed by atoms with van der Waals surface area (Å²) in [6.07, 6.45) is 3.80. The van der Waals surface area contributed by atoms with E-state index < -0.39 is 0 Å². The molecule has 0 N–H and O–H groups in total. The summed E-state index contributed by atoms with van der Waals surface area (Å²) in [6, 6.07) is 47.3. The van der Waals surface area contributed by atoms with Crippen molar-refractivity contribution in [1.29, 1.82) is 0 Å². The van der Waals surface area contributed by atoms with Gasteiger partial charge >= 0.3 is 0 Å². The maximum Gasteiger partial charge on any atom is 0.137 e. The molecule has 0 radical (unpaired) electrons. The van der Waals surface area contributed by atoms with Gasteiger partial charge < -0.3 is 9.14 Å². The van der Waals surface area contributed by atoms with Crippen molar-refractivity contribution in [3.63, 3.8) is 0 Å². The van der Waals surface area contributed by atoms with Crippen LogP contribution in [-0.4, -0.2) is 23.5 Å². The molecular weight excluding hydrogens is 639 g/mol. The Morgan fingerprint density at radius 2 is 1.23 bits per heavy atom. The Morgan fingerprint density at radius 1 is 0.519 bits per heavy atom. The van der Waals surface area contributed by atoms with E-state index >= 15 is 0 Å². The lowest BCUT2D eigenvalue weighted by atomic mass is 9.88. The lowest BCUT2D eigenvalue weighted by molar-refractivity contribution is 0.483. The average molecular weight is 672 g/mol. The van der Waals surface area contributed by atoms with E-state index in [1.54, 1.807) is 0 Å². The summed E-state index contributed by atoms with van der Waals surface area (Å²) in [7, 11) is 0. The molecule has 6 nitrogen and oxygen atoms in total. The molecule has 11 rings (SSSR count). The first kappa shape index (κ1) is 29.1. The summed E-state index contributed by atoms with van der Waals surface area (Å²) in [4.78, 5) is 9.59. The van der Waals surface area contributed by atoms with Crippen LogP contribution in [0.2, 0.25) is 0 Å². The summed E-state index contributed by atoms with van der Waals surface area (Å²) in [5.41, 5.74) is 10.0. The number of ether oxygens (including phenoxy) is 1. The molecule has 6 heteroatoms. The molecule has 248 valence electrons. The first-order valence-electron chi connectivity index (χ1n) is 17.7. The third-order valence-corrected chi connectivity index (χ3v) is 10.7. The van der Waals surface area contributed by atoms with Crippen molar-refractivity contribution in [3.05, 3.63) is 152 Å². The molecule has 0 aliphatic heterocycles. The summed E-state index contributed by atoms with van der Waals surface area (Å²) < 4.78 is 13.5. The van der Waals surface area contributed by atoms with Gasteiger partial charge in [0.15, 0.2) is 0 Å². The number of para-hydroxylation sites is 4. The van der Waals surface area contributed by atoms with Gasteiger partial charge in [-0.15, -0.1) is 0 Å². The zero-order valence-corrected chi connectivity index (χ0v) is 29.0. The van der Waals surface area contributed by atoms with Gasteiger partial charge in [0.05, 0.1) is 44.3 Å². The third-order valence-electron chi connectivity index (χ3n) is 10.7. The Balaban J connectivity index is 1.14. The van der Waals surface area contributed by atoms with Crippen LogP contribution in [0.4, 0.5) is 0 Å². The molecule has 0 atom stereocenters. The molecule has 5 aromatic heterocycles. The molecule has 0 bridgehead atoms. The van der Waals surface area contributed by atoms with Gasteiger partial charge in [-0.1, -0.05) is 75.4 Å². The van der Waals surface area contributed by atoms with Crippen molar-refractivity contribution < 1.29 is 4.74 Å². The maximum atomic E-state index is 6.63. The molecular formula is C46H33N5O. The highest BCUT2D eigenvalue weighted by Gasteiger charge is 2.22. The monoisotopic (exact) mass is 671 g/mol. The van der Waals surface area contributed by atoms with E-state index in [2.05, 4.69) is 142 Å². The van der Waals surface area contributed by atoms with Gasteiger partial charge in [0.25, 0.3) is 0 Å². The van der Waals surface area contributed by atoms with E-state index in [1.165, 1.54) is 49.0 Å². The van der Waals surface area contributed by atoms with Gasteiger partial charge in [-0.2, -0.15) is 0 Å². The van der Waals surface area contributed by atoms with Crippen molar-refractivity contribution in [2.24, 2.45) is 0 Å². The van der Waals surface area contributed by atoms with Gasteiger partial charge in [0.2, 0.25) is 0 Å². The zero-order chi connectivity index (χ0) is 34.7. The average Bonchev–Trinajstić information content (AvgIpc) is 3.91. The van der Waals surface area contributed by atoms with E-state index in [0.717, 1.165) is 50.5 Å². The number of hydrogen-bond donors (Lipinski definition) is 0. The highest BCUT2D eigenvalue weighted by atomic mass is 16.5. The third kappa shape index (κ3) is 4.12. The summed E-state index contributed by atoms with van der Waals surface area (Å²) in [6.45, 7) is 6.74. The van der Waals surface area contributed by atoms with Crippen LogP contribution in [0.1, 0.15) is 26.3 Å². The standard InChI is InChI=1S/C46H33N5O/c1-46(2,3)28-20-21-47-44(22-28)50-41-24-31(52-30-11-8-10-29(23-30)49-27-48-38-15-5-7-17-40(38)49)18-19-33(41)36-25-37-35-14-9-13-34-32-12-4-6-16-39(32)51(45(34)35)43(37)26-42(36)50/h4-27H,1-3H3. The van der Waals surface area contributed by atoms with Crippen LogP contribution in [0.5, 0.6) is 11.5 Å². The highest BCUT2D eigenvalue weighted by Crippen LogP contribution is 2.43. The minimum atomic E-state index is -0.0329. The molecule has 0 saturated heterocycles. The lowest BCUT2D eigenvalue weighted by Gasteiger charge is -2.20. The number of benzene rings is 6. The van der Waals surface area contributed by atoms with Gasteiger partial charge in [-0.25, -0.2) is 9.97 Å². The van der Waals surface area contributed by atoms with Crippen molar-refractivity contribution >= 4 is 70.9 Å². The Bertz CT molecular complexity index is 3210. The smallest absolute Gasteiger partial charge is 0.137 e. The topological polar surface area (TPSA) is 49.3 Å². The minimum Gasteiger partial charge on any atom is -0.457 e. The van der Waals surface area contributed by atoms with E-state index in [9.17, 15) is 0 Å². The molecule has 0 aliphatic carbocycles. The summed E-state index contributed by atoms with van der Waals surface area (Å²) in [5, 5.41) is 7.42. The number of rotatable bonds is 4. The molecule has 0 unspecified atom stereocenters. The van der Waals surface area contributed by atoms with Crippen LogP contribution in [0.25, 0.3) is 82.4 Å². The maximum absolute atomic E-state index is 6.63. The Morgan fingerprint density at radius 3 is 2.12 bits per heavy atom. The van der Waals surface area contributed by atoms with Crippen LogP contribution in [-0.2, 0) is 5.41 Å². The van der Waals surface area contributed by atoms with Crippen molar-refractivity contribution in [2.45, 2.75) is 26.2 Å². The second-order valence-corrected chi connectivity index (χ2v) is 14.8. The second kappa shape index (κ2) is 10.4. The lowest BCUT2D eigenvalue weighted by Crippen LogP contribution is -2.12. The molecule has 6 aromatic carbocycles. The van der Waals surface area contributed by atoms with Gasteiger partial charge in [-0.3, -0.25) is 9.13 Å². The second-order valence-electron chi connectivity index (χ2n) is 14.8. The number of fused-ring (bicyclic) bond motifs is 10. The first-order chi connectivity index (χ1) is 25.4. The number of aromatic nitrogens is 5. The van der Waals surface area contributed by atoms with Crippen molar-refractivity contribution in [3.8, 4) is 23.0 Å². The Kier molecular flexibility index (Phi) is 5.84. The van der Waals surface area contributed by atoms with Gasteiger partial charge in [-0.05, 0) is 77.7 Å². The molecule has 0 amide bonds. The summed E-state index contributed by atoms with van der Waals surface area (Å²) >= 11 is 0. The number of pyridine rings is 1. The van der Waals surface area contributed by atoms with E-state index in [0.29, 0.717) is 0 Å². The highest BCUT2D eigenvalue weighted by molar-refractivity contribution is 6.26. The SMILES string of the molecule is CC(C)(C)c1ccnc(-n2c3cc(Oc4cccc(-n5cnc6ccccc65)c4)ccc3c3cc4c5cccc6c7ccccc7n(c4cc32)c65)c1. The fourth-order valence-corrected chi connectivity index (χ4v) is 8.23. The fraction of sp³-hybridized carbons (Fsp3) is 0.0870. The van der Waals surface area contributed by atoms with Crippen LogP contribution >= 0.6 is 0 Å². The van der Waals surface area contributed by atoms with E-state index in [-0.39, 0.29) is 5.41 Å². The molecule has 5 heterocycles. The molecule has 0 saturated carbocycles. The summed E-state index contributed by atoms with van der Waals surface area (Å²) in [5.74, 6) is 2.40. The zero-order valence-electron chi connectivity index (χ0n) is 29.0. The van der Waals surface area contributed by atoms with Crippen LogP contribution in [0, 0.1) is 0 Å². The normalized spacial score (nSPS) is 12.5. The number of hydrogen-bond acceptors (Lipinski definition) is 3. The molecule has 52 heavy (non-hydrogen) atoms. The van der Waals surface area contributed by atoms with Gasteiger partial charge in [0.1, 0.15) is 23.6 Å². The van der Waals surface area contributed by atoms with Crippen LogP contribution in [0.15, 0.2) is 146 Å². The van der Waals surface area contributed by atoms with E-state index in [1.807, 2.05) is 42.9 Å². The van der Waals surface area contributed by atoms with Crippen LogP contribution < -0.4 is 4.74 Å². The predicted molar refractivity (Wildman–Crippen MR) is 213 cm³/mol. The van der Waals surface area contributed by atoms with Gasteiger partial charge in [0, 0.05) is 50.6 Å². The Hall–Kier alpha value is -6.66. The largest absolute Gasteiger partial charge is 0.457 e. The Labute approximate surface area is 299 Å². The molecule has 11 aromatic rings. The minimum absolute atomic E-state index is 0.0329. The van der Waals surface area contributed by atoms with E-state index in [4.69, 9.17) is 9.72 Å². The molecule has 0 aliphatic rings. The number of imidazole rings is 1. The van der Waals surface area contributed by atoms with Crippen molar-refractivity contribution in [2.75, 3.05) is 0 Å². The number of nitrogens with zero attached hydrogens (tertiary/aromatic N) is 5. The predicted octanol–water partition coefficient (Wildman–Crippen LogP) is 11.8. The van der Waals surface area contributed by atoms with Crippen LogP contribution in [0.3, 0.4) is 0 Å². The van der Waals surface area contributed by atoms with Crippen molar-refractivity contribution in [1.82, 2.24) is 23.5 Å². The molecule has 0 fully saturated rings. The first-order valence-corrected chi connectivity index (χ1v) is 17.7. The molecule has 0 spiro atoms.